The average Bonchev–Trinajstić information content (AvgIpc) is 3.17. The number of carbonyl (C=O) groups excluding carboxylic acids is 1. The van der Waals surface area contributed by atoms with Gasteiger partial charge in [0, 0.05) is 18.8 Å². The number of nitrogens with zero attached hydrogens (tertiary/aromatic N) is 2. The summed E-state index contributed by atoms with van der Waals surface area (Å²) >= 11 is 0. The zero-order valence-corrected chi connectivity index (χ0v) is 12.0. The Morgan fingerprint density at radius 1 is 1.14 bits per heavy atom. The number of carboxylic acids is 1. The first kappa shape index (κ1) is 14.0. The number of hydrogen-bond donors (Lipinski definition) is 1. The van der Waals surface area contributed by atoms with Gasteiger partial charge in [0.2, 0.25) is 0 Å². The minimum Gasteiger partial charge on any atom is -0.478 e. The summed E-state index contributed by atoms with van der Waals surface area (Å²) in [6.45, 7) is 0.794. The molecule has 112 valence electrons. The third-order valence-corrected chi connectivity index (χ3v) is 4.73. The molecule has 1 aromatic heterocycles. The second kappa shape index (κ2) is 5.84. The lowest BCUT2D eigenvalue weighted by Crippen LogP contribution is -2.39. The van der Waals surface area contributed by atoms with Crippen LogP contribution in [0.25, 0.3) is 0 Å². The van der Waals surface area contributed by atoms with Crippen LogP contribution in [0.2, 0.25) is 0 Å². The Kier molecular flexibility index (Phi) is 3.90. The van der Waals surface area contributed by atoms with Gasteiger partial charge in [-0.2, -0.15) is 0 Å². The molecule has 1 atom stereocenters. The number of aromatic carboxylic acids is 1. The Morgan fingerprint density at radius 2 is 1.90 bits per heavy atom. The van der Waals surface area contributed by atoms with Crippen LogP contribution < -0.4 is 0 Å². The Labute approximate surface area is 124 Å². The molecule has 5 nitrogen and oxygen atoms in total. The summed E-state index contributed by atoms with van der Waals surface area (Å²) in [7, 11) is 0. The second-order valence-corrected chi connectivity index (χ2v) is 5.99. The van der Waals surface area contributed by atoms with Gasteiger partial charge in [-0.15, -0.1) is 0 Å². The van der Waals surface area contributed by atoms with E-state index in [9.17, 15) is 9.59 Å². The third-order valence-electron chi connectivity index (χ3n) is 4.73. The number of likely N-dealkylation sites (tertiary alicyclic amines) is 1. The summed E-state index contributed by atoms with van der Waals surface area (Å²) in [5.41, 5.74) is 0.463. The van der Waals surface area contributed by atoms with Crippen LogP contribution in [0.1, 0.15) is 59.4 Å². The Bertz CT molecular complexity index is 535. The predicted octanol–water partition coefficient (Wildman–Crippen LogP) is 2.57. The highest BCUT2D eigenvalue weighted by molar-refractivity contribution is 5.94. The highest BCUT2D eigenvalue weighted by Gasteiger charge is 2.36. The van der Waals surface area contributed by atoms with Gasteiger partial charge in [-0.3, -0.25) is 9.78 Å². The molecule has 1 saturated heterocycles. The van der Waals surface area contributed by atoms with Crippen LogP contribution >= 0.6 is 0 Å². The van der Waals surface area contributed by atoms with Crippen LogP contribution in [0.4, 0.5) is 0 Å². The zero-order valence-electron chi connectivity index (χ0n) is 12.0. The van der Waals surface area contributed by atoms with Crippen molar-refractivity contribution in [2.45, 2.75) is 44.6 Å². The van der Waals surface area contributed by atoms with Gasteiger partial charge in [-0.25, -0.2) is 4.79 Å². The normalized spacial score (nSPS) is 22.7. The molecular weight excluding hydrogens is 268 g/mol. The number of hydrogen-bond acceptors (Lipinski definition) is 3. The number of aromatic nitrogens is 1. The number of rotatable bonds is 3. The van der Waals surface area contributed by atoms with Gasteiger partial charge in [0.1, 0.15) is 5.69 Å². The van der Waals surface area contributed by atoms with E-state index in [1.54, 1.807) is 0 Å². The molecule has 0 spiro atoms. The number of amides is 1. The summed E-state index contributed by atoms with van der Waals surface area (Å²) in [6, 6.07) is 3.32. The standard InChI is InChI=1S/C16H20N2O3/c19-15(13-8-7-12(10-17-13)16(20)21)18-9-3-6-14(18)11-4-1-2-5-11/h7-8,10-11,14H,1-6,9H2,(H,20,21). The molecule has 0 aromatic carbocycles. The Hall–Kier alpha value is -1.91. The smallest absolute Gasteiger partial charge is 0.337 e. The first-order valence-corrected chi connectivity index (χ1v) is 7.67. The lowest BCUT2D eigenvalue weighted by atomic mass is 9.96. The summed E-state index contributed by atoms with van der Waals surface area (Å²) in [4.78, 5) is 29.4. The van der Waals surface area contributed by atoms with Gasteiger partial charge in [0.25, 0.3) is 5.91 Å². The van der Waals surface area contributed by atoms with E-state index in [0.29, 0.717) is 17.7 Å². The highest BCUT2D eigenvalue weighted by atomic mass is 16.4. The van der Waals surface area contributed by atoms with Crippen molar-refractivity contribution in [1.29, 1.82) is 0 Å². The fourth-order valence-electron chi connectivity index (χ4n) is 3.67. The molecular formula is C16H20N2O3. The van der Waals surface area contributed by atoms with E-state index in [1.165, 1.54) is 44.0 Å². The number of pyridine rings is 1. The molecule has 1 unspecified atom stereocenters. The van der Waals surface area contributed by atoms with Gasteiger partial charge < -0.3 is 10.0 Å². The molecule has 1 aromatic rings. The fourth-order valence-corrected chi connectivity index (χ4v) is 3.67. The first-order chi connectivity index (χ1) is 10.2. The van der Waals surface area contributed by atoms with Crippen LogP contribution in [0, 0.1) is 5.92 Å². The maximum absolute atomic E-state index is 12.6. The minimum atomic E-state index is -1.02. The molecule has 2 aliphatic rings. The largest absolute Gasteiger partial charge is 0.478 e. The summed E-state index contributed by atoms with van der Waals surface area (Å²) in [5, 5.41) is 8.88. The molecule has 1 saturated carbocycles. The molecule has 1 N–H and O–H groups in total. The van der Waals surface area contributed by atoms with E-state index in [2.05, 4.69) is 4.98 Å². The fraction of sp³-hybridized carbons (Fsp3) is 0.562. The monoisotopic (exact) mass is 288 g/mol. The van der Waals surface area contributed by atoms with Gasteiger partial charge in [-0.05, 0) is 43.7 Å². The highest BCUT2D eigenvalue weighted by Crippen LogP contribution is 2.35. The quantitative estimate of drug-likeness (QED) is 0.928. The molecule has 1 aliphatic heterocycles. The molecule has 3 rings (SSSR count). The third kappa shape index (κ3) is 2.77. The molecule has 2 heterocycles. The van der Waals surface area contributed by atoms with E-state index in [1.807, 2.05) is 4.90 Å². The van der Waals surface area contributed by atoms with Gasteiger partial charge in [0.15, 0.2) is 0 Å². The average molecular weight is 288 g/mol. The van der Waals surface area contributed by atoms with Gasteiger partial charge in [0.05, 0.1) is 5.56 Å². The molecule has 2 fully saturated rings. The van der Waals surface area contributed by atoms with E-state index >= 15 is 0 Å². The van der Waals surface area contributed by atoms with Crippen LogP contribution in [0.15, 0.2) is 18.3 Å². The van der Waals surface area contributed by atoms with Crippen molar-refractivity contribution in [3.63, 3.8) is 0 Å². The minimum absolute atomic E-state index is 0.0543. The van der Waals surface area contributed by atoms with Crippen LogP contribution in [0.5, 0.6) is 0 Å². The van der Waals surface area contributed by atoms with Crippen molar-refractivity contribution in [1.82, 2.24) is 9.88 Å². The van der Waals surface area contributed by atoms with Crippen molar-refractivity contribution >= 4 is 11.9 Å². The number of carbonyl (C=O) groups is 2. The molecule has 21 heavy (non-hydrogen) atoms. The van der Waals surface area contributed by atoms with Crippen molar-refractivity contribution in [2.24, 2.45) is 5.92 Å². The first-order valence-electron chi connectivity index (χ1n) is 7.67. The van der Waals surface area contributed by atoms with Gasteiger partial charge >= 0.3 is 5.97 Å². The second-order valence-electron chi connectivity index (χ2n) is 5.99. The summed E-state index contributed by atoms with van der Waals surface area (Å²) < 4.78 is 0. The Morgan fingerprint density at radius 3 is 2.52 bits per heavy atom. The molecule has 5 heteroatoms. The SMILES string of the molecule is O=C(O)c1ccc(C(=O)N2CCCC2C2CCCC2)nc1. The van der Waals surface area contributed by atoms with E-state index < -0.39 is 5.97 Å². The predicted molar refractivity (Wildman–Crippen MR) is 77.2 cm³/mol. The lowest BCUT2D eigenvalue weighted by Gasteiger charge is -2.29. The maximum Gasteiger partial charge on any atom is 0.337 e. The summed E-state index contributed by atoms with van der Waals surface area (Å²) in [6.07, 6.45) is 8.39. The molecule has 1 amide bonds. The van der Waals surface area contributed by atoms with Crippen LogP contribution in [-0.2, 0) is 0 Å². The molecule has 1 aliphatic carbocycles. The van der Waals surface area contributed by atoms with Gasteiger partial charge in [-0.1, -0.05) is 12.8 Å². The van der Waals surface area contributed by atoms with Crippen molar-refractivity contribution in [2.75, 3.05) is 6.54 Å². The van der Waals surface area contributed by atoms with E-state index in [-0.39, 0.29) is 11.5 Å². The maximum atomic E-state index is 12.6. The van der Waals surface area contributed by atoms with Crippen LogP contribution in [0.3, 0.4) is 0 Å². The number of carboxylic acid groups (broad SMARTS) is 1. The van der Waals surface area contributed by atoms with Crippen molar-refractivity contribution in [3.05, 3.63) is 29.6 Å². The molecule has 0 radical (unpaired) electrons. The lowest BCUT2D eigenvalue weighted by molar-refractivity contribution is 0.0673. The van der Waals surface area contributed by atoms with E-state index in [4.69, 9.17) is 5.11 Å². The van der Waals surface area contributed by atoms with Crippen LogP contribution in [-0.4, -0.2) is 39.5 Å². The van der Waals surface area contributed by atoms with Crippen molar-refractivity contribution < 1.29 is 14.7 Å². The summed E-state index contributed by atoms with van der Waals surface area (Å²) in [5.74, 6) is -0.442. The Balaban J connectivity index is 1.75. The molecule has 0 bridgehead atoms. The topological polar surface area (TPSA) is 70.5 Å². The van der Waals surface area contributed by atoms with E-state index in [0.717, 1.165) is 19.4 Å². The zero-order chi connectivity index (χ0) is 14.8. The van der Waals surface area contributed by atoms with Crippen molar-refractivity contribution in [3.8, 4) is 0 Å².